The van der Waals surface area contributed by atoms with Crippen molar-refractivity contribution in [2.75, 3.05) is 17.7 Å². The van der Waals surface area contributed by atoms with Gasteiger partial charge < -0.3 is 15.4 Å². The average molecular weight is 360 g/mol. The van der Waals surface area contributed by atoms with Crippen molar-refractivity contribution < 1.29 is 9.53 Å². The first-order valence-electron chi connectivity index (χ1n) is 8.95. The van der Waals surface area contributed by atoms with Crippen LogP contribution in [0.3, 0.4) is 0 Å². The molecule has 4 nitrogen and oxygen atoms in total. The van der Waals surface area contributed by atoms with Crippen LogP contribution in [0.4, 0.5) is 11.4 Å². The molecule has 1 amide bonds. The Balaban J connectivity index is 1.52. The van der Waals surface area contributed by atoms with Gasteiger partial charge in [0.05, 0.1) is 13.5 Å². The molecule has 3 aromatic rings. The number of carbonyl (C=O) groups excluding carboxylic acids is 1. The monoisotopic (exact) mass is 360 g/mol. The molecule has 0 heterocycles. The summed E-state index contributed by atoms with van der Waals surface area (Å²) in [5.41, 5.74) is 5.15. The minimum atomic E-state index is -0.0109. The Labute approximate surface area is 160 Å². The third kappa shape index (κ3) is 5.35. The lowest BCUT2D eigenvalue weighted by Crippen LogP contribution is -2.15. The van der Waals surface area contributed by atoms with E-state index in [0.29, 0.717) is 6.42 Å². The summed E-state index contributed by atoms with van der Waals surface area (Å²) in [6.45, 7) is 2.74. The van der Waals surface area contributed by atoms with Crippen LogP contribution in [0.5, 0.6) is 5.75 Å². The molecule has 3 rings (SSSR count). The van der Waals surface area contributed by atoms with Crippen molar-refractivity contribution in [3.05, 3.63) is 89.5 Å². The van der Waals surface area contributed by atoms with Crippen molar-refractivity contribution in [1.82, 2.24) is 0 Å². The van der Waals surface area contributed by atoms with Crippen LogP contribution in [-0.2, 0) is 17.8 Å². The number of nitrogens with one attached hydrogen (secondary N) is 2. The van der Waals surface area contributed by atoms with Gasteiger partial charge in [0, 0.05) is 17.9 Å². The van der Waals surface area contributed by atoms with E-state index in [-0.39, 0.29) is 5.91 Å². The van der Waals surface area contributed by atoms with Crippen molar-refractivity contribution in [2.45, 2.75) is 19.9 Å². The minimum absolute atomic E-state index is 0.0109. The topological polar surface area (TPSA) is 50.4 Å². The zero-order valence-corrected chi connectivity index (χ0v) is 15.7. The molecule has 3 aromatic carbocycles. The Bertz CT molecular complexity index is 887. The van der Waals surface area contributed by atoms with Gasteiger partial charge in [0.25, 0.3) is 0 Å². The highest BCUT2D eigenvalue weighted by atomic mass is 16.5. The molecule has 0 fully saturated rings. The molecule has 4 heteroatoms. The lowest BCUT2D eigenvalue weighted by molar-refractivity contribution is -0.115. The fourth-order valence-corrected chi connectivity index (χ4v) is 2.81. The molecular weight excluding hydrogens is 336 g/mol. The van der Waals surface area contributed by atoms with Gasteiger partial charge in [-0.2, -0.15) is 0 Å². The Hall–Kier alpha value is -3.27. The van der Waals surface area contributed by atoms with E-state index in [1.807, 2.05) is 79.7 Å². The fourth-order valence-electron chi connectivity index (χ4n) is 2.81. The number of anilines is 2. The molecule has 0 saturated carbocycles. The highest BCUT2D eigenvalue weighted by Gasteiger charge is 2.06. The number of amides is 1. The molecule has 0 saturated heterocycles. The van der Waals surface area contributed by atoms with E-state index in [2.05, 4.69) is 10.6 Å². The van der Waals surface area contributed by atoms with Gasteiger partial charge in [-0.05, 0) is 60.0 Å². The molecule has 0 radical (unpaired) electrons. The molecule has 0 aliphatic rings. The van der Waals surface area contributed by atoms with E-state index in [9.17, 15) is 4.79 Å². The van der Waals surface area contributed by atoms with Crippen LogP contribution in [0.15, 0.2) is 72.8 Å². The van der Waals surface area contributed by atoms with Crippen molar-refractivity contribution in [1.29, 1.82) is 0 Å². The second-order valence-corrected chi connectivity index (χ2v) is 6.43. The van der Waals surface area contributed by atoms with Crippen molar-refractivity contribution in [2.24, 2.45) is 0 Å². The Morgan fingerprint density at radius 3 is 2.22 bits per heavy atom. The zero-order valence-electron chi connectivity index (χ0n) is 15.7. The standard InChI is InChI=1S/C23H24N2O2/c1-17-5-3-4-6-19(17)15-23(26)25-21-11-9-20(10-12-21)24-16-18-7-13-22(27-2)14-8-18/h3-14,24H,15-16H2,1-2H3,(H,25,26). The van der Waals surface area contributed by atoms with Crippen LogP contribution < -0.4 is 15.4 Å². The summed E-state index contributed by atoms with van der Waals surface area (Å²) < 4.78 is 5.17. The maximum Gasteiger partial charge on any atom is 0.228 e. The minimum Gasteiger partial charge on any atom is -0.497 e. The first kappa shape index (κ1) is 18.5. The second-order valence-electron chi connectivity index (χ2n) is 6.43. The predicted octanol–water partition coefficient (Wildman–Crippen LogP) is 4.80. The molecule has 0 atom stereocenters. The van der Waals surface area contributed by atoms with Gasteiger partial charge in [-0.25, -0.2) is 0 Å². The number of benzene rings is 3. The molecule has 0 unspecified atom stereocenters. The van der Waals surface area contributed by atoms with Gasteiger partial charge in [0.1, 0.15) is 5.75 Å². The fraction of sp³-hybridized carbons (Fsp3) is 0.174. The summed E-state index contributed by atoms with van der Waals surface area (Å²) in [7, 11) is 1.66. The number of rotatable bonds is 7. The van der Waals surface area contributed by atoms with Crippen molar-refractivity contribution in [3.63, 3.8) is 0 Å². The van der Waals surface area contributed by atoms with Gasteiger partial charge in [0.2, 0.25) is 5.91 Å². The van der Waals surface area contributed by atoms with Crippen LogP contribution >= 0.6 is 0 Å². The van der Waals surface area contributed by atoms with Crippen LogP contribution in [0, 0.1) is 6.92 Å². The van der Waals surface area contributed by atoms with Crippen LogP contribution in [-0.4, -0.2) is 13.0 Å². The molecule has 0 aliphatic heterocycles. The van der Waals surface area contributed by atoms with Crippen LogP contribution in [0.2, 0.25) is 0 Å². The predicted molar refractivity (Wildman–Crippen MR) is 110 cm³/mol. The molecule has 0 aromatic heterocycles. The number of hydrogen-bond acceptors (Lipinski definition) is 3. The SMILES string of the molecule is COc1ccc(CNc2ccc(NC(=O)Cc3ccccc3C)cc2)cc1. The molecule has 2 N–H and O–H groups in total. The average Bonchev–Trinajstić information content (AvgIpc) is 2.69. The number of methoxy groups -OCH3 is 1. The molecule has 0 bridgehead atoms. The maximum atomic E-state index is 12.2. The molecule has 138 valence electrons. The highest BCUT2D eigenvalue weighted by molar-refractivity contribution is 5.92. The first-order chi connectivity index (χ1) is 13.1. The van der Waals surface area contributed by atoms with E-state index >= 15 is 0 Å². The first-order valence-corrected chi connectivity index (χ1v) is 8.95. The summed E-state index contributed by atoms with van der Waals surface area (Å²) in [6.07, 6.45) is 0.379. The van der Waals surface area contributed by atoms with E-state index in [1.165, 1.54) is 5.56 Å². The summed E-state index contributed by atoms with van der Waals surface area (Å²) in [6, 6.07) is 23.7. The van der Waals surface area contributed by atoms with E-state index in [0.717, 1.165) is 34.8 Å². The summed E-state index contributed by atoms with van der Waals surface area (Å²) in [5, 5.41) is 6.32. The summed E-state index contributed by atoms with van der Waals surface area (Å²) in [5.74, 6) is 0.841. The Kier molecular flexibility index (Phi) is 6.10. The quantitative estimate of drug-likeness (QED) is 0.636. The van der Waals surface area contributed by atoms with Crippen molar-refractivity contribution >= 4 is 17.3 Å². The van der Waals surface area contributed by atoms with Gasteiger partial charge in [-0.15, -0.1) is 0 Å². The third-order valence-corrected chi connectivity index (χ3v) is 4.44. The number of ether oxygens (including phenoxy) is 1. The molecule has 27 heavy (non-hydrogen) atoms. The second kappa shape index (κ2) is 8.90. The number of hydrogen-bond donors (Lipinski definition) is 2. The highest BCUT2D eigenvalue weighted by Crippen LogP contribution is 2.17. The maximum absolute atomic E-state index is 12.2. The zero-order chi connectivity index (χ0) is 19.1. The molecule has 0 spiro atoms. The van der Waals surface area contributed by atoms with E-state index in [1.54, 1.807) is 7.11 Å². The van der Waals surface area contributed by atoms with E-state index in [4.69, 9.17) is 4.74 Å². The lowest BCUT2D eigenvalue weighted by Gasteiger charge is -2.10. The normalized spacial score (nSPS) is 10.3. The smallest absolute Gasteiger partial charge is 0.228 e. The van der Waals surface area contributed by atoms with E-state index < -0.39 is 0 Å². The van der Waals surface area contributed by atoms with Crippen LogP contribution in [0.25, 0.3) is 0 Å². The van der Waals surface area contributed by atoms with Gasteiger partial charge in [-0.3, -0.25) is 4.79 Å². The Morgan fingerprint density at radius 2 is 1.56 bits per heavy atom. The number of carbonyl (C=O) groups is 1. The van der Waals surface area contributed by atoms with Gasteiger partial charge in [-0.1, -0.05) is 36.4 Å². The van der Waals surface area contributed by atoms with Gasteiger partial charge in [0.15, 0.2) is 0 Å². The summed E-state index contributed by atoms with van der Waals surface area (Å²) in [4.78, 5) is 12.2. The van der Waals surface area contributed by atoms with Gasteiger partial charge >= 0.3 is 0 Å². The lowest BCUT2D eigenvalue weighted by atomic mass is 10.1. The molecule has 0 aliphatic carbocycles. The van der Waals surface area contributed by atoms with Crippen LogP contribution in [0.1, 0.15) is 16.7 Å². The largest absolute Gasteiger partial charge is 0.497 e. The number of aryl methyl sites for hydroxylation is 1. The Morgan fingerprint density at radius 1 is 0.889 bits per heavy atom. The summed E-state index contributed by atoms with van der Waals surface area (Å²) >= 11 is 0. The molecular formula is C23H24N2O2. The van der Waals surface area contributed by atoms with Crippen molar-refractivity contribution in [3.8, 4) is 5.75 Å². The third-order valence-electron chi connectivity index (χ3n) is 4.44.